The van der Waals surface area contributed by atoms with Crippen LogP contribution in [-0.2, 0) is 36.7 Å². The topological polar surface area (TPSA) is 50.2 Å². The van der Waals surface area contributed by atoms with Gasteiger partial charge in [0.05, 0.1) is 5.76 Å². The summed E-state index contributed by atoms with van der Waals surface area (Å²) in [6, 6.07) is 21.6. The maximum atomic E-state index is 11.7. The molecule has 5 aromatic rings. The summed E-state index contributed by atoms with van der Waals surface area (Å²) < 4.78 is 2.94. The van der Waals surface area contributed by atoms with Crippen LogP contribution in [0.2, 0.25) is 0 Å². The standard InChI is InChI=1S/C31H32NSe.C13H24O2.Ir/c1-19-21(18-30(2,3)4)12-13-24-25-14-15-32-27(29(25)33-28(19)24)22-16-20-10-8-9-11-23(20)26(17-22)31(5,6)7;1-5-10(6-2)12(14)9-13(15)11(7-3)8-4;/h8-15,17H,18H2,1-7H3;9-11,14H,5-8H2,1-4H3;/q-1;;/b;12-9-;. The SMILES string of the molecule is CCC(CC)C(=O)/C=C(\O)C(CC)CC.Cc1c(CC(C)(C)C)ccc2c1[se]c1c(-c3[c-]c4ccccc4c(C(C)(C)C)c3)nccc12.[Ir]. The largest absolute Gasteiger partial charge is 0 e. The molecule has 0 amide bonds. The summed E-state index contributed by atoms with van der Waals surface area (Å²) in [7, 11) is 0. The second-order valence-corrected chi connectivity index (χ2v) is 17.6. The number of aromatic nitrogens is 1. The van der Waals surface area contributed by atoms with Crippen LogP contribution in [0.5, 0.6) is 0 Å². The fourth-order valence-electron chi connectivity index (χ4n) is 6.65. The second-order valence-electron chi connectivity index (χ2n) is 15.5. The third-order valence-electron chi connectivity index (χ3n) is 9.56. The van der Waals surface area contributed by atoms with Gasteiger partial charge in [-0.05, 0) is 25.7 Å². The van der Waals surface area contributed by atoms with E-state index in [9.17, 15) is 9.90 Å². The van der Waals surface area contributed by atoms with Gasteiger partial charge in [0, 0.05) is 38.0 Å². The van der Waals surface area contributed by atoms with E-state index < -0.39 is 0 Å². The van der Waals surface area contributed by atoms with Gasteiger partial charge < -0.3 is 5.11 Å². The van der Waals surface area contributed by atoms with Gasteiger partial charge in [0.2, 0.25) is 0 Å². The fraction of sp³-hybridized carbons (Fsp3) is 0.455. The Morgan fingerprint density at radius 1 is 0.857 bits per heavy atom. The van der Waals surface area contributed by atoms with Crippen molar-refractivity contribution in [2.24, 2.45) is 17.3 Å². The smallest absolute Gasteiger partial charge is 0 e. The van der Waals surface area contributed by atoms with Gasteiger partial charge in [-0.1, -0.05) is 27.7 Å². The van der Waals surface area contributed by atoms with Crippen LogP contribution in [-0.4, -0.2) is 30.4 Å². The summed E-state index contributed by atoms with van der Waals surface area (Å²) in [4.78, 5) is 16.6. The van der Waals surface area contributed by atoms with Crippen LogP contribution in [0, 0.1) is 30.2 Å². The first kappa shape index (κ1) is 40.9. The molecule has 5 rings (SSSR count). The zero-order valence-corrected chi connectivity index (χ0v) is 35.6. The molecule has 2 heterocycles. The average Bonchev–Trinajstić information content (AvgIpc) is 3.42. The van der Waals surface area contributed by atoms with Gasteiger partial charge in [0.15, 0.2) is 5.78 Å². The molecular formula is C44H56IrNO2Se-. The summed E-state index contributed by atoms with van der Waals surface area (Å²) in [5, 5.41) is 15.0. The minimum atomic E-state index is 0. The van der Waals surface area contributed by atoms with Gasteiger partial charge in [-0.25, -0.2) is 0 Å². The van der Waals surface area contributed by atoms with Crippen LogP contribution >= 0.6 is 0 Å². The van der Waals surface area contributed by atoms with Crippen LogP contribution in [0.25, 0.3) is 41.3 Å². The number of carbonyl (C=O) groups excluding carboxylic acids is 1. The molecule has 0 aliphatic heterocycles. The molecule has 0 fully saturated rings. The molecule has 0 saturated heterocycles. The van der Waals surface area contributed by atoms with Gasteiger partial charge in [-0.2, -0.15) is 0 Å². The molecule has 5 heteroatoms. The van der Waals surface area contributed by atoms with Crippen LogP contribution in [0.1, 0.15) is 112 Å². The zero-order chi connectivity index (χ0) is 35.4. The third kappa shape index (κ3) is 9.62. The van der Waals surface area contributed by atoms with E-state index in [1.807, 2.05) is 33.9 Å². The predicted octanol–water partition coefficient (Wildman–Crippen LogP) is 12.1. The molecule has 265 valence electrons. The molecule has 0 spiro atoms. The molecule has 0 unspecified atom stereocenters. The molecule has 0 saturated carbocycles. The van der Waals surface area contributed by atoms with E-state index in [1.165, 1.54) is 52.8 Å². The Kier molecular flexibility index (Phi) is 14.3. The fourth-order valence-corrected chi connectivity index (χ4v) is 9.43. The Morgan fingerprint density at radius 2 is 1.47 bits per heavy atom. The Morgan fingerprint density at radius 3 is 2.06 bits per heavy atom. The van der Waals surface area contributed by atoms with Gasteiger partial charge in [-0.3, -0.25) is 4.79 Å². The normalized spacial score (nSPS) is 12.5. The molecule has 3 nitrogen and oxygen atoms in total. The van der Waals surface area contributed by atoms with E-state index in [0.717, 1.165) is 43.4 Å². The Balaban J connectivity index is 0.000000347. The second kappa shape index (κ2) is 17.1. The minimum Gasteiger partial charge on any atom is 0 e. The summed E-state index contributed by atoms with van der Waals surface area (Å²) in [5.41, 5.74) is 6.88. The number of benzene rings is 3. The first-order valence-corrected chi connectivity index (χ1v) is 19.5. The number of fused-ring (bicyclic) bond motifs is 4. The van der Waals surface area contributed by atoms with E-state index >= 15 is 0 Å². The van der Waals surface area contributed by atoms with E-state index in [0.29, 0.717) is 0 Å². The number of pyridine rings is 1. The first-order valence-electron chi connectivity index (χ1n) is 17.8. The number of hydrogen-bond donors (Lipinski definition) is 1. The number of rotatable bonds is 9. The molecule has 3 aromatic carbocycles. The average molecular weight is 902 g/mol. The molecule has 0 aliphatic carbocycles. The molecule has 0 bridgehead atoms. The Labute approximate surface area is 315 Å². The van der Waals surface area contributed by atoms with E-state index in [-0.39, 0.29) is 68.8 Å². The van der Waals surface area contributed by atoms with Crippen molar-refractivity contribution < 1.29 is 30.0 Å². The number of ketones is 1. The zero-order valence-electron chi connectivity index (χ0n) is 31.5. The van der Waals surface area contributed by atoms with Crippen molar-refractivity contribution >= 4 is 50.4 Å². The Hall–Kier alpha value is -2.55. The molecular weight excluding hydrogens is 846 g/mol. The van der Waals surface area contributed by atoms with Gasteiger partial charge in [0.25, 0.3) is 0 Å². The number of nitrogens with zero attached hydrogens (tertiary/aromatic N) is 1. The minimum absolute atomic E-state index is 0. The third-order valence-corrected chi connectivity index (χ3v) is 12.4. The quantitative estimate of drug-likeness (QED) is 0.0694. The van der Waals surface area contributed by atoms with Crippen molar-refractivity contribution in [3.63, 3.8) is 0 Å². The van der Waals surface area contributed by atoms with Crippen molar-refractivity contribution in [1.29, 1.82) is 0 Å². The van der Waals surface area contributed by atoms with Gasteiger partial charge in [0.1, 0.15) is 0 Å². The maximum Gasteiger partial charge on any atom is 0 e. The van der Waals surface area contributed by atoms with Crippen molar-refractivity contribution in [1.82, 2.24) is 4.98 Å². The number of allylic oxidation sites excluding steroid dienone is 2. The number of aryl methyl sites for hydroxylation is 1. The molecule has 1 radical (unpaired) electrons. The monoisotopic (exact) mass is 903 g/mol. The van der Waals surface area contributed by atoms with Crippen LogP contribution in [0.4, 0.5) is 0 Å². The summed E-state index contributed by atoms with van der Waals surface area (Å²) in [5.74, 6) is 0.547. The number of hydrogen-bond acceptors (Lipinski definition) is 3. The number of aliphatic hydroxyl groups excluding tert-OH is 1. The van der Waals surface area contributed by atoms with Crippen molar-refractivity contribution in [3.05, 3.63) is 89.3 Å². The molecule has 0 aliphatic rings. The molecule has 2 aromatic heterocycles. The summed E-state index contributed by atoms with van der Waals surface area (Å²) >= 11 is 0.244. The Bertz CT molecular complexity index is 1910. The summed E-state index contributed by atoms with van der Waals surface area (Å²) in [6.07, 6.45) is 8.00. The van der Waals surface area contributed by atoms with Crippen molar-refractivity contribution in [2.45, 2.75) is 114 Å². The van der Waals surface area contributed by atoms with Gasteiger partial charge >= 0.3 is 204 Å². The first-order chi connectivity index (χ1) is 22.6. The summed E-state index contributed by atoms with van der Waals surface area (Å²) in [6.45, 7) is 24.2. The van der Waals surface area contributed by atoms with Crippen LogP contribution in [0.15, 0.2) is 66.6 Å². The van der Waals surface area contributed by atoms with E-state index in [4.69, 9.17) is 4.98 Å². The van der Waals surface area contributed by atoms with Crippen LogP contribution in [0.3, 0.4) is 0 Å². The van der Waals surface area contributed by atoms with Gasteiger partial charge in [-0.15, -0.1) is 0 Å². The van der Waals surface area contributed by atoms with E-state index in [2.05, 4.69) is 103 Å². The molecule has 49 heavy (non-hydrogen) atoms. The molecule has 1 N–H and O–H groups in total. The number of carbonyl (C=O) groups is 1. The predicted molar refractivity (Wildman–Crippen MR) is 208 cm³/mol. The van der Waals surface area contributed by atoms with Crippen LogP contribution < -0.4 is 0 Å². The molecule has 0 atom stereocenters. The number of aliphatic hydroxyl groups is 1. The van der Waals surface area contributed by atoms with Crippen molar-refractivity contribution in [3.8, 4) is 11.3 Å². The van der Waals surface area contributed by atoms with E-state index in [1.54, 1.807) is 0 Å². The maximum absolute atomic E-state index is 11.7. The van der Waals surface area contributed by atoms with Crippen molar-refractivity contribution in [2.75, 3.05) is 0 Å².